The summed E-state index contributed by atoms with van der Waals surface area (Å²) < 4.78 is 5.55. The third-order valence-corrected chi connectivity index (χ3v) is 3.85. The smallest absolute Gasteiger partial charge is 0.226 e. The minimum Gasteiger partial charge on any atom is -0.493 e. The van der Waals surface area contributed by atoms with Crippen LogP contribution in [0.3, 0.4) is 0 Å². The first-order valence-electron chi connectivity index (χ1n) is 7.41. The summed E-state index contributed by atoms with van der Waals surface area (Å²) in [6, 6.07) is 9.49. The number of carbonyl (C=O) groups excluding carboxylic acids is 1. The van der Waals surface area contributed by atoms with Crippen LogP contribution >= 0.6 is 0 Å². The first-order valence-corrected chi connectivity index (χ1v) is 7.41. The largest absolute Gasteiger partial charge is 0.493 e. The van der Waals surface area contributed by atoms with Crippen LogP contribution in [-0.4, -0.2) is 41.4 Å². The van der Waals surface area contributed by atoms with Gasteiger partial charge in [0.2, 0.25) is 5.91 Å². The van der Waals surface area contributed by atoms with Gasteiger partial charge in [-0.3, -0.25) is 4.79 Å². The van der Waals surface area contributed by atoms with E-state index in [0.717, 1.165) is 17.9 Å². The van der Waals surface area contributed by atoms with E-state index in [9.17, 15) is 4.79 Å². The standard InChI is InChI=1S/C16H22N2O3/c1-2-13-12-18(10-8-15(13)17-20)16(19)9-11-21-14-6-4-3-5-7-14/h3-7,13,20H,2,8-12H2,1H3/b17-15+. The van der Waals surface area contributed by atoms with Gasteiger partial charge in [-0.1, -0.05) is 30.3 Å². The van der Waals surface area contributed by atoms with E-state index in [0.29, 0.717) is 32.5 Å². The van der Waals surface area contributed by atoms with Crippen molar-refractivity contribution in [2.45, 2.75) is 26.2 Å². The topological polar surface area (TPSA) is 62.1 Å². The fourth-order valence-corrected chi connectivity index (χ4v) is 2.57. The number of likely N-dealkylation sites (tertiary alicyclic amines) is 1. The molecule has 1 aliphatic heterocycles. The lowest BCUT2D eigenvalue weighted by molar-refractivity contribution is -0.132. The molecule has 5 nitrogen and oxygen atoms in total. The second-order valence-corrected chi connectivity index (χ2v) is 5.20. The van der Waals surface area contributed by atoms with E-state index >= 15 is 0 Å². The predicted molar refractivity (Wildman–Crippen MR) is 80.8 cm³/mol. The zero-order valence-electron chi connectivity index (χ0n) is 12.4. The van der Waals surface area contributed by atoms with Crippen molar-refractivity contribution in [3.63, 3.8) is 0 Å². The van der Waals surface area contributed by atoms with Crippen LogP contribution < -0.4 is 4.74 Å². The monoisotopic (exact) mass is 290 g/mol. The highest BCUT2D eigenvalue weighted by molar-refractivity contribution is 5.89. The molecule has 0 radical (unpaired) electrons. The van der Waals surface area contributed by atoms with Gasteiger partial charge < -0.3 is 14.8 Å². The summed E-state index contributed by atoms with van der Waals surface area (Å²) in [6.45, 7) is 3.69. The second kappa shape index (κ2) is 7.67. The Morgan fingerprint density at radius 3 is 2.86 bits per heavy atom. The van der Waals surface area contributed by atoms with Crippen LogP contribution in [0.15, 0.2) is 35.5 Å². The molecule has 1 fully saturated rings. The van der Waals surface area contributed by atoms with Crippen molar-refractivity contribution >= 4 is 11.6 Å². The van der Waals surface area contributed by atoms with Gasteiger partial charge in [0.15, 0.2) is 0 Å². The highest BCUT2D eigenvalue weighted by atomic mass is 16.5. The summed E-state index contributed by atoms with van der Waals surface area (Å²) in [5.41, 5.74) is 0.807. The zero-order valence-corrected chi connectivity index (χ0v) is 12.4. The first-order chi connectivity index (χ1) is 10.2. The molecule has 1 aliphatic rings. The molecule has 0 saturated carbocycles. The van der Waals surface area contributed by atoms with Crippen LogP contribution in [0.2, 0.25) is 0 Å². The van der Waals surface area contributed by atoms with Gasteiger partial charge in [0.25, 0.3) is 0 Å². The number of carbonyl (C=O) groups is 1. The summed E-state index contributed by atoms with van der Waals surface area (Å²) in [7, 11) is 0. The number of nitrogens with zero attached hydrogens (tertiary/aromatic N) is 2. The SMILES string of the molecule is CCC1CN(C(=O)CCOc2ccccc2)CC/C1=N\O. The number of piperidine rings is 1. The molecule has 1 unspecified atom stereocenters. The third-order valence-electron chi connectivity index (χ3n) is 3.85. The second-order valence-electron chi connectivity index (χ2n) is 5.20. The van der Waals surface area contributed by atoms with Gasteiger partial charge in [-0.05, 0) is 18.6 Å². The summed E-state index contributed by atoms with van der Waals surface area (Å²) in [4.78, 5) is 14.0. The molecule has 0 aliphatic carbocycles. The molecular weight excluding hydrogens is 268 g/mol. The van der Waals surface area contributed by atoms with Crippen molar-refractivity contribution in [1.29, 1.82) is 0 Å². The Morgan fingerprint density at radius 2 is 2.19 bits per heavy atom. The van der Waals surface area contributed by atoms with Crippen molar-refractivity contribution in [3.8, 4) is 5.75 Å². The molecule has 1 saturated heterocycles. The number of benzene rings is 1. The quantitative estimate of drug-likeness (QED) is 0.669. The maximum absolute atomic E-state index is 12.2. The van der Waals surface area contributed by atoms with Gasteiger partial charge in [-0.15, -0.1) is 0 Å². The molecule has 1 atom stereocenters. The summed E-state index contributed by atoms with van der Waals surface area (Å²) in [5.74, 6) is 1.05. The molecular formula is C16H22N2O3. The molecule has 0 aromatic heterocycles. The molecule has 21 heavy (non-hydrogen) atoms. The molecule has 1 aromatic carbocycles. The van der Waals surface area contributed by atoms with E-state index in [1.54, 1.807) is 0 Å². The van der Waals surface area contributed by atoms with Gasteiger partial charge in [0.1, 0.15) is 5.75 Å². The maximum Gasteiger partial charge on any atom is 0.226 e. The van der Waals surface area contributed by atoms with Crippen molar-refractivity contribution in [1.82, 2.24) is 4.90 Å². The van der Waals surface area contributed by atoms with Crippen LogP contribution in [-0.2, 0) is 4.79 Å². The number of rotatable bonds is 5. The lowest BCUT2D eigenvalue weighted by Crippen LogP contribution is -2.44. The molecule has 2 rings (SSSR count). The van der Waals surface area contributed by atoms with Crippen LogP contribution in [0.4, 0.5) is 0 Å². The molecule has 1 N–H and O–H groups in total. The van der Waals surface area contributed by atoms with E-state index in [4.69, 9.17) is 9.94 Å². The third kappa shape index (κ3) is 4.21. The molecule has 5 heteroatoms. The van der Waals surface area contributed by atoms with Gasteiger partial charge in [0.05, 0.1) is 18.7 Å². The van der Waals surface area contributed by atoms with Crippen molar-refractivity contribution in [2.24, 2.45) is 11.1 Å². The van der Waals surface area contributed by atoms with Crippen molar-refractivity contribution in [3.05, 3.63) is 30.3 Å². The molecule has 114 valence electrons. The lowest BCUT2D eigenvalue weighted by atomic mass is 9.93. The molecule has 1 heterocycles. The van der Waals surface area contributed by atoms with Gasteiger partial charge in [-0.25, -0.2) is 0 Å². The van der Waals surface area contributed by atoms with E-state index in [2.05, 4.69) is 5.16 Å². The Bertz CT molecular complexity index is 488. The van der Waals surface area contributed by atoms with Crippen molar-refractivity contribution in [2.75, 3.05) is 19.7 Å². The van der Waals surface area contributed by atoms with E-state index in [1.807, 2.05) is 42.2 Å². The van der Waals surface area contributed by atoms with Crippen molar-refractivity contribution < 1.29 is 14.7 Å². The van der Waals surface area contributed by atoms with Gasteiger partial charge in [0, 0.05) is 25.4 Å². The Morgan fingerprint density at radius 1 is 1.43 bits per heavy atom. The minimum absolute atomic E-state index is 0.0985. The Kier molecular flexibility index (Phi) is 5.60. The minimum atomic E-state index is 0.0985. The highest BCUT2D eigenvalue weighted by Crippen LogP contribution is 2.18. The summed E-state index contributed by atoms with van der Waals surface area (Å²) in [6.07, 6.45) is 1.90. The predicted octanol–water partition coefficient (Wildman–Crippen LogP) is 2.54. The lowest BCUT2D eigenvalue weighted by Gasteiger charge is -2.32. The summed E-state index contributed by atoms with van der Waals surface area (Å²) in [5, 5.41) is 12.3. The normalized spacial score (nSPS) is 20.5. The summed E-state index contributed by atoms with van der Waals surface area (Å²) >= 11 is 0. The average molecular weight is 290 g/mol. The zero-order chi connectivity index (χ0) is 15.1. The first kappa shape index (κ1) is 15.4. The average Bonchev–Trinajstić information content (AvgIpc) is 2.55. The highest BCUT2D eigenvalue weighted by Gasteiger charge is 2.27. The molecule has 1 aromatic rings. The van der Waals surface area contributed by atoms with Crippen LogP contribution in [0, 0.1) is 5.92 Å². The van der Waals surface area contributed by atoms with E-state index in [-0.39, 0.29) is 11.8 Å². The number of para-hydroxylation sites is 1. The van der Waals surface area contributed by atoms with E-state index in [1.165, 1.54) is 0 Å². The van der Waals surface area contributed by atoms with Crippen LogP contribution in [0.25, 0.3) is 0 Å². The number of hydrogen-bond donors (Lipinski definition) is 1. The number of ether oxygens (including phenoxy) is 1. The van der Waals surface area contributed by atoms with Gasteiger partial charge in [-0.2, -0.15) is 0 Å². The Labute approximate surface area is 125 Å². The van der Waals surface area contributed by atoms with E-state index < -0.39 is 0 Å². The van der Waals surface area contributed by atoms with Gasteiger partial charge >= 0.3 is 0 Å². The number of oxime groups is 1. The van der Waals surface area contributed by atoms with Crippen LogP contribution in [0.5, 0.6) is 5.75 Å². The molecule has 1 amide bonds. The number of hydrogen-bond acceptors (Lipinski definition) is 4. The fraction of sp³-hybridized carbons (Fsp3) is 0.500. The maximum atomic E-state index is 12.2. The molecule has 0 bridgehead atoms. The fourth-order valence-electron chi connectivity index (χ4n) is 2.57. The Hall–Kier alpha value is -2.04. The molecule has 0 spiro atoms. The Balaban J connectivity index is 1.78. The number of amides is 1. The van der Waals surface area contributed by atoms with Crippen LogP contribution in [0.1, 0.15) is 26.2 Å².